The molecule has 0 amide bonds. The van der Waals surface area contributed by atoms with Crippen LogP contribution in [-0.4, -0.2) is 5.84 Å². The van der Waals surface area contributed by atoms with Crippen LogP contribution in [0.4, 0.5) is 5.69 Å². The van der Waals surface area contributed by atoms with Gasteiger partial charge in [-0.15, -0.1) is 0 Å². The van der Waals surface area contributed by atoms with Crippen LogP contribution in [-0.2, 0) is 0 Å². The third-order valence-electron chi connectivity index (χ3n) is 2.02. The Kier molecular flexibility index (Phi) is 2.99. The summed E-state index contributed by atoms with van der Waals surface area (Å²) in [6.45, 7) is 0. The number of nitrogens with one attached hydrogen (secondary N) is 1. The monoisotopic (exact) mass is 250 g/mol. The van der Waals surface area contributed by atoms with Gasteiger partial charge in [0.15, 0.2) is 0 Å². The SMILES string of the molecule is Brc1ccc(NC2=NC=CCC2)cc1. The minimum Gasteiger partial charge on any atom is -0.344 e. The molecule has 2 rings (SSSR count). The fraction of sp³-hybridized carbons (Fsp3) is 0.182. The molecule has 0 saturated heterocycles. The predicted octanol–water partition coefficient (Wildman–Crippen LogP) is 3.57. The molecule has 0 saturated carbocycles. The summed E-state index contributed by atoms with van der Waals surface area (Å²) in [7, 11) is 0. The van der Waals surface area contributed by atoms with Crippen molar-refractivity contribution in [1.29, 1.82) is 0 Å². The van der Waals surface area contributed by atoms with Crippen LogP contribution in [0.2, 0.25) is 0 Å². The molecule has 0 radical (unpaired) electrons. The normalized spacial score (nSPS) is 15.1. The van der Waals surface area contributed by atoms with Gasteiger partial charge in [0.1, 0.15) is 5.84 Å². The topological polar surface area (TPSA) is 24.4 Å². The quantitative estimate of drug-likeness (QED) is 0.810. The first-order chi connectivity index (χ1) is 6.84. The van der Waals surface area contributed by atoms with Gasteiger partial charge in [0.25, 0.3) is 0 Å². The second kappa shape index (κ2) is 4.42. The average Bonchev–Trinajstić information content (AvgIpc) is 2.23. The van der Waals surface area contributed by atoms with Crippen molar-refractivity contribution in [3.05, 3.63) is 41.0 Å². The summed E-state index contributed by atoms with van der Waals surface area (Å²) in [5, 5.41) is 3.29. The maximum atomic E-state index is 4.26. The molecule has 14 heavy (non-hydrogen) atoms. The van der Waals surface area contributed by atoms with Crippen LogP contribution in [0.15, 0.2) is 46.0 Å². The van der Waals surface area contributed by atoms with Gasteiger partial charge >= 0.3 is 0 Å². The van der Waals surface area contributed by atoms with Gasteiger partial charge in [-0.05, 0) is 30.7 Å². The lowest BCUT2D eigenvalue weighted by Gasteiger charge is -2.10. The lowest BCUT2D eigenvalue weighted by molar-refractivity contribution is 1.05. The number of allylic oxidation sites excluding steroid dienone is 1. The Hall–Kier alpha value is -1.09. The summed E-state index contributed by atoms with van der Waals surface area (Å²) >= 11 is 3.40. The number of hydrogen-bond donors (Lipinski definition) is 1. The Bertz CT molecular complexity index is 365. The van der Waals surface area contributed by atoms with Crippen LogP contribution in [0.5, 0.6) is 0 Å². The zero-order chi connectivity index (χ0) is 9.80. The van der Waals surface area contributed by atoms with Crippen molar-refractivity contribution < 1.29 is 0 Å². The van der Waals surface area contributed by atoms with Crippen molar-refractivity contribution >= 4 is 27.5 Å². The number of nitrogens with zero attached hydrogens (tertiary/aromatic N) is 1. The van der Waals surface area contributed by atoms with Crippen LogP contribution < -0.4 is 5.32 Å². The molecule has 0 bridgehead atoms. The molecule has 1 aromatic rings. The van der Waals surface area contributed by atoms with Crippen molar-refractivity contribution in [2.75, 3.05) is 5.32 Å². The van der Waals surface area contributed by atoms with Gasteiger partial charge < -0.3 is 5.32 Å². The highest BCUT2D eigenvalue weighted by Gasteiger charge is 2.01. The zero-order valence-corrected chi connectivity index (χ0v) is 9.29. The molecule has 72 valence electrons. The van der Waals surface area contributed by atoms with E-state index in [-0.39, 0.29) is 0 Å². The van der Waals surface area contributed by atoms with Crippen LogP contribution in [0.1, 0.15) is 12.8 Å². The van der Waals surface area contributed by atoms with E-state index in [1.807, 2.05) is 30.5 Å². The van der Waals surface area contributed by atoms with E-state index < -0.39 is 0 Å². The second-order valence-corrected chi connectivity index (χ2v) is 4.05. The lowest BCUT2D eigenvalue weighted by atomic mass is 10.2. The van der Waals surface area contributed by atoms with Gasteiger partial charge in [-0.2, -0.15) is 0 Å². The van der Waals surface area contributed by atoms with Crippen molar-refractivity contribution in [3.63, 3.8) is 0 Å². The molecule has 1 aliphatic heterocycles. The van der Waals surface area contributed by atoms with E-state index in [0.29, 0.717) is 0 Å². The average molecular weight is 251 g/mol. The summed E-state index contributed by atoms with van der Waals surface area (Å²) in [5.74, 6) is 1.04. The van der Waals surface area contributed by atoms with Gasteiger partial charge in [0.05, 0.1) is 0 Å². The number of halogens is 1. The highest BCUT2D eigenvalue weighted by Crippen LogP contribution is 2.15. The third kappa shape index (κ3) is 2.45. The number of anilines is 1. The molecule has 0 aromatic heterocycles. The molecular weight excluding hydrogens is 240 g/mol. The molecule has 1 N–H and O–H groups in total. The smallest absolute Gasteiger partial charge is 0.106 e. The maximum absolute atomic E-state index is 4.26. The Morgan fingerprint density at radius 1 is 1.21 bits per heavy atom. The van der Waals surface area contributed by atoms with Gasteiger partial charge in [-0.25, -0.2) is 4.99 Å². The van der Waals surface area contributed by atoms with E-state index in [9.17, 15) is 0 Å². The van der Waals surface area contributed by atoms with E-state index in [2.05, 4.69) is 32.3 Å². The largest absolute Gasteiger partial charge is 0.344 e. The summed E-state index contributed by atoms with van der Waals surface area (Å²) in [6, 6.07) is 8.10. The Labute approximate surface area is 91.9 Å². The van der Waals surface area contributed by atoms with Crippen molar-refractivity contribution in [1.82, 2.24) is 0 Å². The number of benzene rings is 1. The molecular formula is C11H11BrN2. The maximum Gasteiger partial charge on any atom is 0.106 e. The van der Waals surface area contributed by atoms with E-state index >= 15 is 0 Å². The molecule has 1 aromatic carbocycles. The van der Waals surface area contributed by atoms with Gasteiger partial charge in [0.2, 0.25) is 0 Å². The van der Waals surface area contributed by atoms with Crippen LogP contribution >= 0.6 is 15.9 Å². The Morgan fingerprint density at radius 3 is 2.64 bits per heavy atom. The van der Waals surface area contributed by atoms with E-state index in [4.69, 9.17) is 0 Å². The summed E-state index contributed by atoms with van der Waals surface area (Å²) in [6.07, 6.45) is 5.99. The molecule has 0 atom stereocenters. The highest BCUT2D eigenvalue weighted by molar-refractivity contribution is 9.10. The first-order valence-corrected chi connectivity index (χ1v) is 5.38. The lowest BCUT2D eigenvalue weighted by Crippen LogP contribution is -2.12. The number of hydrogen-bond acceptors (Lipinski definition) is 2. The van der Waals surface area contributed by atoms with Crippen LogP contribution in [0.25, 0.3) is 0 Å². The minimum atomic E-state index is 0.993. The first-order valence-electron chi connectivity index (χ1n) is 4.59. The molecule has 0 fully saturated rings. The van der Waals surface area contributed by atoms with Gasteiger partial charge in [0, 0.05) is 22.8 Å². The van der Waals surface area contributed by atoms with Crippen LogP contribution in [0, 0.1) is 0 Å². The summed E-state index contributed by atoms with van der Waals surface area (Å²) in [5.41, 5.74) is 1.09. The van der Waals surface area contributed by atoms with Gasteiger partial charge in [-0.1, -0.05) is 22.0 Å². The van der Waals surface area contributed by atoms with Crippen LogP contribution in [0.3, 0.4) is 0 Å². The van der Waals surface area contributed by atoms with E-state index in [0.717, 1.165) is 28.8 Å². The van der Waals surface area contributed by atoms with Crippen molar-refractivity contribution in [2.24, 2.45) is 4.99 Å². The number of rotatable bonds is 1. The fourth-order valence-corrected chi connectivity index (χ4v) is 1.56. The summed E-state index contributed by atoms with van der Waals surface area (Å²) < 4.78 is 1.09. The standard InChI is InChI=1S/C11H11BrN2/c12-9-4-6-10(7-5-9)14-11-3-1-2-8-13-11/h2,4-8H,1,3H2,(H,13,14). The number of amidine groups is 1. The first kappa shape index (κ1) is 9.46. The molecule has 1 heterocycles. The predicted molar refractivity (Wildman–Crippen MR) is 63.6 cm³/mol. The van der Waals surface area contributed by atoms with E-state index in [1.54, 1.807) is 0 Å². The fourth-order valence-electron chi connectivity index (χ4n) is 1.30. The minimum absolute atomic E-state index is 0.993. The van der Waals surface area contributed by atoms with Crippen molar-refractivity contribution in [3.8, 4) is 0 Å². The Morgan fingerprint density at radius 2 is 2.00 bits per heavy atom. The van der Waals surface area contributed by atoms with Gasteiger partial charge in [-0.3, -0.25) is 0 Å². The molecule has 2 nitrogen and oxygen atoms in total. The zero-order valence-electron chi connectivity index (χ0n) is 7.70. The third-order valence-corrected chi connectivity index (χ3v) is 2.55. The summed E-state index contributed by atoms with van der Waals surface area (Å²) in [4.78, 5) is 4.26. The van der Waals surface area contributed by atoms with Crippen molar-refractivity contribution in [2.45, 2.75) is 12.8 Å². The second-order valence-electron chi connectivity index (χ2n) is 3.13. The Balaban J connectivity index is 2.07. The molecule has 0 aliphatic carbocycles. The number of aliphatic imine (C=N–C) groups is 1. The molecule has 0 unspecified atom stereocenters. The van der Waals surface area contributed by atoms with E-state index in [1.165, 1.54) is 0 Å². The molecule has 1 aliphatic rings. The molecule has 3 heteroatoms. The molecule has 0 spiro atoms. The highest BCUT2D eigenvalue weighted by atomic mass is 79.9.